The average Bonchev–Trinajstić information content (AvgIpc) is 2.91. The van der Waals surface area contributed by atoms with Crippen LogP contribution >= 0.6 is 0 Å². The summed E-state index contributed by atoms with van der Waals surface area (Å²) < 4.78 is 13.5. The van der Waals surface area contributed by atoms with Crippen LogP contribution in [0.25, 0.3) is 22.0 Å². The lowest BCUT2D eigenvalue weighted by Gasteiger charge is -2.08. The standard InChI is InChI=1S/C15H17N3O4/c1-8(2)21-12(19)7-18-15(20)13-10(6-16-18)14-11(17(13)4)5-9(3)22-14/h5-6,8H,7H2,1-4H3. The van der Waals surface area contributed by atoms with E-state index in [1.54, 1.807) is 31.7 Å². The van der Waals surface area contributed by atoms with Gasteiger partial charge >= 0.3 is 5.97 Å². The van der Waals surface area contributed by atoms with Crippen LogP contribution in [-0.2, 0) is 23.1 Å². The summed E-state index contributed by atoms with van der Waals surface area (Å²) in [6, 6.07) is 1.87. The lowest BCUT2D eigenvalue weighted by atomic mass is 10.3. The highest BCUT2D eigenvalue weighted by molar-refractivity contribution is 6.04. The SMILES string of the molecule is Cc1cc2c(o1)c1cnn(CC(=O)OC(C)C)c(=O)c1n2C. The maximum atomic E-state index is 12.6. The van der Waals surface area contributed by atoms with E-state index in [2.05, 4.69) is 5.10 Å². The molecule has 0 unspecified atom stereocenters. The number of carbonyl (C=O) groups is 1. The van der Waals surface area contributed by atoms with E-state index in [1.807, 2.05) is 13.0 Å². The van der Waals surface area contributed by atoms with Crippen LogP contribution in [0.2, 0.25) is 0 Å². The monoisotopic (exact) mass is 303 g/mol. The molecule has 0 aliphatic carbocycles. The Hall–Kier alpha value is -2.57. The van der Waals surface area contributed by atoms with Gasteiger partial charge in [-0.15, -0.1) is 0 Å². The van der Waals surface area contributed by atoms with Gasteiger partial charge in [-0.1, -0.05) is 0 Å². The van der Waals surface area contributed by atoms with Crippen molar-refractivity contribution in [3.63, 3.8) is 0 Å². The van der Waals surface area contributed by atoms with Gasteiger partial charge in [0.05, 0.1) is 23.2 Å². The fourth-order valence-corrected chi connectivity index (χ4v) is 2.57. The minimum atomic E-state index is -0.488. The number of carbonyl (C=O) groups excluding carboxylic acids is 1. The van der Waals surface area contributed by atoms with Crippen molar-refractivity contribution in [1.29, 1.82) is 0 Å². The Kier molecular flexibility index (Phi) is 3.27. The maximum Gasteiger partial charge on any atom is 0.328 e. The van der Waals surface area contributed by atoms with Crippen molar-refractivity contribution in [3.05, 3.63) is 28.4 Å². The van der Waals surface area contributed by atoms with Gasteiger partial charge in [0.2, 0.25) is 0 Å². The molecule has 0 radical (unpaired) electrons. The first-order valence-corrected chi connectivity index (χ1v) is 7.02. The molecule has 3 aromatic rings. The van der Waals surface area contributed by atoms with Crippen LogP contribution in [0, 0.1) is 6.92 Å². The summed E-state index contributed by atoms with van der Waals surface area (Å²) in [6.07, 6.45) is 1.32. The molecular formula is C15H17N3O4. The Morgan fingerprint density at radius 1 is 1.45 bits per heavy atom. The van der Waals surface area contributed by atoms with Gasteiger partial charge in [-0.25, -0.2) is 4.68 Å². The minimum absolute atomic E-state index is 0.210. The Morgan fingerprint density at radius 3 is 2.86 bits per heavy atom. The van der Waals surface area contributed by atoms with E-state index in [4.69, 9.17) is 9.15 Å². The summed E-state index contributed by atoms with van der Waals surface area (Å²) in [5, 5.41) is 4.70. The minimum Gasteiger partial charge on any atom is -0.462 e. The molecule has 7 nitrogen and oxygen atoms in total. The zero-order valence-corrected chi connectivity index (χ0v) is 12.9. The van der Waals surface area contributed by atoms with Crippen molar-refractivity contribution < 1.29 is 13.9 Å². The summed E-state index contributed by atoms with van der Waals surface area (Å²) in [7, 11) is 1.79. The third-order valence-corrected chi connectivity index (χ3v) is 3.44. The number of fused-ring (bicyclic) bond motifs is 3. The summed E-state index contributed by atoms with van der Waals surface area (Å²) >= 11 is 0. The number of hydrogen-bond acceptors (Lipinski definition) is 5. The van der Waals surface area contributed by atoms with Crippen LogP contribution in [0.5, 0.6) is 0 Å². The lowest BCUT2D eigenvalue weighted by molar-refractivity contribution is -0.148. The largest absolute Gasteiger partial charge is 0.462 e. The Labute approximate surface area is 126 Å². The molecule has 0 atom stereocenters. The van der Waals surface area contributed by atoms with Gasteiger partial charge in [-0.05, 0) is 20.8 Å². The number of hydrogen-bond donors (Lipinski definition) is 0. The molecule has 0 amide bonds. The second-order valence-electron chi connectivity index (χ2n) is 5.54. The zero-order chi connectivity index (χ0) is 16.0. The zero-order valence-electron chi connectivity index (χ0n) is 12.9. The van der Waals surface area contributed by atoms with Gasteiger partial charge < -0.3 is 13.7 Å². The van der Waals surface area contributed by atoms with Crippen LogP contribution < -0.4 is 5.56 Å². The molecule has 0 saturated carbocycles. The second-order valence-corrected chi connectivity index (χ2v) is 5.54. The van der Waals surface area contributed by atoms with Gasteiger partial charge in [-0.3, -0.25) is 9.59 Å². The maximum absolute atomic E-state index is 12.6. The van der Waals surface area contributed by atoms with Crippen LogP contribution in [0.3, 0.4) is 0 Å². The van der Waals surface area contributed by atoms with Crippen molar-refractivity contribution in [2.75, 3.05) is 0 Å². The molecule has 0 bridgehead atoms. The van der Waals surface area contributed by atoms with Gasteiger partial charge in [-0.2, -0.15) is 5.10 Å². The van der Waals surface area contributed by atoms with E-state index in [-0.39, 0.29) is 18.2 Å². The summed E-state index contributed by atoms with van der Waals surface area (Å²) in [5.74, 6) is 0.282. The molecule has 3 aromatic heterocycles. The quantitative estimate of drug-likeness (QED) is 0.689. The first kappa shape index (κ1) is 14.4. The predicted molar refractivity (Wildman–Crippen MR) is 80.7 cm³/mol. The molecule has 7 heteroatoms. The highest BCUT2D eigenvalue weighted by Gasteiger charge is 2.18. The number of aryl methyl sites for hydroxylation is 2. The fraction of sp³-hybridized carbons (Fsp3) is 0.400. The molecule has 22 heavy (non-hydrogen) atoms. The fourth-order valence-electron chi connectivity index (χ4n) is 2.57. The Morgan fingerprint density at radius 2 is 2.18 bits per heavy atom. The number of esters is 1. The van der Waals surface area contributed by atoms with Crippen LogP contribution in [-0.4, -0.2) is 26.4 Å². The topological polar surface area (TPSA) is 79.3 Å². The lowest BCUT2D eigenvalue weighted by Crippen LogP contribution is -2.29. The number of nitrogens with zero attached hydrogens (tertiary/aromatic N) is 3. The number of furan rings is 1. The van der Waals surface area contributed by atoms with Gasteiger partial charge in [0.25, 0.3) is 5.56 Å². The third kappa shape index (κ3) is 2.18. The summed E-state index contributed by atoms with van der Waals surface area (Å²) in [6.45, 7) is 5.15. The molecule has 0 aromatic carbocycles. The number of rotatable bonds is 3. The average molecular weight is 303 g/mol. The van der Waals surface area contributed by atoms with E-state index in [0.29, 0.717) is 16.5 Å². The van der Waals surface area contributed by atoms with E-state index >= 15 is 0 Å². The van der Waals surface area contributed by atoms with Crippen molar-refractivity contribution in [3.8, 4) is 0 Å². The van der Waals surface area contributed by atoms with Crippen molar-refractivity contribution >= 4 is 28.0 Å². The first-order valence-electron chi connectivity index (χ1n) is 7.02. The molecule has 0 aliphatic heterocycles. The van der Waals surface area contributed by atoms with Gasteiger partial charge in [0.1, 0.15) is 17.8 Å². The first-order chi connectivity index (χ1) is 10.4. The van der Waals surface area contributed by atoms with E-state index in [9.17, 15) is 9.59 Å². The van der Waals surface area contributed by atoms with E-state index in [1.165, 1.54) is 0 Å². The van der Waals surface area contributed by atoms with Gasteiger partial charge in [0, 0.05) is 13.1 Å². The highest BCUT2D eigenvalue weighted by atomic mass is 16.5. The van der Waals surface area contributed by atoms with Crippen LogP contribution in [0.15, 0.2) is 21.5 Å². The van der Waals surface area contributed by atoms with Crippen molar-refractivity contribution in [1.82, 2.24) is 14.3 Å². The van der Waals surface area contributed by atoms with Crippen molar-refractivity contribution in [2.45, 2.75) is 33.4 Å². The van der Waals surface area contributed by atoms with Crippen molar-refractivity contribution in [2.24, 2.45) is 7.05 Å². The normalized spacial score (nSPS) is 11.7. The van der Waals surface area contributed by atoms with Crippen LogP contribution in [0.4, 0.5) is 0 Å². The molecule has 0 N–H and O–H groups in total. The van der Waals surface area contributed by atoms with Gasteiger partial charge in [0.15, 0.2) is 5.58 Å². The molecular weight excluding hydrogens is 286 g/mol. The third-order valence-electron chi connectivity index (χ3n) is 3.44. The molecule has 0 saturated heterocycles. The summed E-state index contributed by atoms with van der Waals surface area (Å²) in [4.78, 5) is 24.3. The molecule has 116 valence electrons. The van der Waals surface area contributed by atoms with E-state index in [0.717, 1.165) is 16.0 Å². The van der Waals surface area contributed by atoms with E-state index < -0.39 is 5.97 Å². The smallest absolute Gasteiger partial charge is 0.328 e. The molecule has 0 fully saturated rings. The molecule has 3 heterocycles. The summed E-state index contributed by atoms with van der Waals surface area (Å²) in [5.41, 5.74) is 1.58. The number of aromatic nitrogens is 3. The van der Waals surface area contributed by atoms with Crippen LogP contribution in [0.1, 0.15) is 19.6 Å². The second kappa shape index (κ2) is 5.01. The predicted octanol–water partition coefficient (Wildman–Crippen LogP) is 1.74. The Balaban J connectivity index is 2.12. The molecule has 3 rings (SSSR count). The molecule has 0 spiro atoms. The highest BCUT2D eigenvalue weighted by Crippen LogP contribution is 2.27. The molecule has 0 aliphatic rings. The Bertz CT molecular complexity index is 930. The number of ether oxygens (including phenoxy) is 1.